The number of hydrogen-bond donors (Lipinski definition) is 1. The molecule has 0 bridgehead atoms. The quantitative estimate of drug-likeness (QED) is 0.386. The van der Waals surface area contributed by atoms with E-state index >= 15 is 0 Å². The van der Waals surface area contributed by atoms with Crippen molar-refractivity contribution < 1.29 is 14.4 Å². The summed E-state index contributed by atoms with van der Waals surface area (Å²) in [5.74, 6) is 0.404. The summed E-state index contributed by atoms with van der Waals surface area (Å²) in [5, 5.41) is 10.3. The van der Waals surface area contributed by atoms with E-state index in [1.165, 1.54) is 7.11 Å². The summed E-state index contributed by atoms with van der Waals surface area (Å²) in [4.78, 5) is 12.6. The molecule has 20 heavy (non-hydrogen) atoms. The first kappa shape index (κ1) is 13.4. The fraction of sp³-hybridized carbons (Fsp3) is 0.0769. The molecule has 2 aromatic carbocycles. The SMILES string of the molecule is COc1cccc2c1[n+](=O)c1cc(Br)c(Br)cc1n2O. The Kier molecular flexibility index (Phi) is 3.18. The number of methoxy groups -OCH3 is 1. The van der Waals surface area contributed by atoms with E-state index in [0.29, 0.717) is 22.3 Å². The number of rotatable bonds is 1. The molecule has 0 aliphatic rings. The standard InChI is InChI=1S/C13H9Br2N2O3/c1-20-12-4-2-3-9-13(12)17(19)11-6-8(15)7(14)5-10(11)16(9)18/h2-6,18H,1H3/q+1. The van der Waals surface area contributed by atoms with Gasteiger partial charge in [0, 0.05) is 19.9 Å². The molecule has 5 nitrogen and oxygen atoms in total. The first-order valence-corrected chi connectivity index (χ1v) is 7.25. The lowest BCUT2D eigenvalue weighted by atomic mass is 10.2. The van der Waals surface area contributed by atoms with Gasteiger partial charge in [0.25, 0.3) is 5.52 Å². The van der Waals surface area contributed by atoms with Gasteiger partial charge in [0.05, 0.1) is 11.5 Å². The predicted octanol–water partition coefficient (Wildman–Crippen LogP) is 3.48. The van der Waals surface area contributed by atoms with Crippen molar-refractivity contribution in [3.63, 3.8) is 0 Å². The molecule has 1 N–H and O–H groups in total. The Morgan fingerprint density at radius 3 is 2.60 bits per heavy atom. The molecule has 102 valence electrons. The van der Waals surface area contributed by atoms with Crippen LogP contribution in [0.15, 0.2) is 39.3 Å². The van der Waals surface area contributed by atoms with Gasteiger partial charge in [0.1, 0.15) is 0 Å². The molecule has 0 saturated heterocycles. The smallest absolute Gasteiger partial charge is 0.331 e. The van der Waals surface area contributed by atoms with E-state index in [0.717, 1.165) is 18.1 Å². The average molecular weight is 401 g/mol. The summed E-state index contributed by atoms with van der Waals surface area (Å²) in [6.45, 7) is 0. The number of halogens is 2. The molecular formula is C13H9Br2N2O3+. The monoisotopic (exact) mass is 399 g/mol. The van der Waals surface area contributed by atoms with Crippen LogP contribution in [-0.2, 0) is 0 Å². The first-order chi connectivity index (χ1) is 9.54. The lowest BCUT2D eigenvalue weighted by Gasteiger charge is -2.06. The van der Waals surface area contributed by atoms with E-state index < -0.39 is 0 Å². The summed E-state index contributed by atoms with van der Waals surface area (Å²) < 4.78 is 8.41. The summed E-state index contributed by atoms with van der Waals surface area (Å²) in [5.41, 5.74) is 1.38. The van der Waals surface area contributed by atoms with Crippen LogP contribution in [0.3, 0.4) is 0 Å². The van der Waals surface area contributed by atoms with Crippen molar-refractivity contribution in [1.29, 1.82) is 0 Å². The maximum atomic E-state index is 12.6. The zero-order chi connectivity index (χ0) is 14.4. The van der Waals surface area contributed by atoms with Gasteiger partial charge in [0.15, 0.2) is 16.8 Å². The van der Waals surface area contributed by atoms with E-state index in [4.69, 9.17) is 4.74 Å². The van der Waals surface area contributed by atoms with Gasteiger partial charge in [-0.1, -0.05) is 6.07 Å². The van der Waals surface area contributed by atoms with Gasteiger partial charge >= 0.3 is 5.52 Å². The van der Waals surface area contributed by atoms with Gasteiger partial charge in [0.2, 0.25) is 0 Å². The predicted molar refractivity (Wildman–Crippen MR) is 81.9 cm³/mol. The normalized spacial score (nSPS) is 11.2. The molecule has 0 unspecified atom stereocenters. The fourth-order valence-electron chi connectivity index (χ4n) is 2.16. The fourth-order valence-corrected chi connectivity index (χ4v) is 2.82. The number of para-hydroxylation sites is 1. The topological polar surface area (TPSA) is 57.4 Å². The van der Waals surface area contributed by atoms with Crippen LogP contribution in [0.1, 0.15) is 0 Å². The van der Waals surface area contributed by atoms with Crippen LogP contribution in [0.4, 0.5) is 0 Å². The van der Waals surface area contributed by atoms with Crippen LogP contribution in [0.2, 0.25) is 0 Å². The Bertz CT molecular complexity index is 906. The van der Waals surface area contributed by atoms with Crippen molar-refractivity contribution in [3.8, 4) is 5.75 Å². The third-order valence-corrected chi connectivity index (χ3v) is 4.94. The molecule has 0 fully saturated rings. The Hall–Kier alpha value is -1.60. The number of hydrogen-bond acceptors (Lipinski definition) is 3. The van der Waals surface area contributed by atoms with Crippen LogP contribution < -0.4 is 9.16 Å². The van der Waals surface area contributed by atoms with Crippen LogP contribution >= 0.6 is 31.9 Å². The second-order valence-electron chi connectivity index (χ2n) is 4.19. The zero-order valence-electron chi connectivity index (χ0n) is 10.3. The van der Waals surface area contributed by atoms with Gasteiger partial charge in [-0.15, -0.1) is 0 Å². The van der Waals surface area contributed by atoms with Crippen LogP contribution in [0, 0.1) is 4.91 Å². The van der Waals surface area contributed by atoms with Gasteiger partial charge in [-0.25, -0.2) is 0 Å². The minimum absolute atomic E-state index is 0.277. The van der Waals surface area contributed by atoms with Crippen molar-refractivity contribution in [1.82, 2.24) is 4.73 Å². The second-order valence-corrected chi connectivity index (χ2v) is 5.90. The maximum absolute atomic E-state index is 12.6. The Labute approximate surface area is 130 Å². The molecule has 0 spiro atoms. The average Bonchev–Trinajstić information content (AvgIpc) is 2.46. The van der Waals surface area contributed by atoms with Crippen LogP contribution in [-0.4, -0.2) is 17.0 Å². The van der Waals surface area contributed by atoms with Crippen LogP contribution in [0.5, 0.6) is 5.75 Å². The zero-order valence-corrected chi connectivity index (χ0v) is 13.5. The second kappa shape index (κ2) is 4.75. The maximum Gasteiger partial charge on any atom is 0.331 e. The molecule has 0 atom stereocenters. The Balaban J connectivity index is 2.65. The highest BCUT2D eigenvalue weighted by Gasteiger charge is 2.23. The molecule has 7 heteroatoms. The summed E-state index contributed by atoms with van der Waals surface area (Å²) in [7, 11) is 1.48. The number of nitrogens with zero attached hydrogens (tertiary/aromatic N) is 2. The Morgan fingerprint density at radius 2 is 1.90 bits per heavy atom. The van der Waals surface area contributed by atoms with Gasteiger partial charge in [-0.05, 0) is 50.1 Å². The van der Waals surface area contributed by atoms with Crippen LogP contribution in [0.25, 0.3) is 22.1 Å². The van der Waals surface area contributed by atoms with E-state index in [1.54, 1.807) is 30.3 Å². The highest BCUT2D eigenvalue weighted by molar-refractivity contribution is 9.13. The molecule has 0 aliphatic carbocycles. The molecule has 0 amide bonds. The Morgan fingerprint density at radius 1 is 1.20 bits per heavy atom. The van der Waals surface area contributed by atoms with Gasteiger partial charge < -0.3 is 9.94 Å². The molecule has 1 heterocycles. The molecule has 0 aliphatic heterocycles. The molecule has 0 radical (unpaired) electrons. The summed E-state index contributed by atoms with van der Waals surface area (Å²) in [6.07, 6.45) is 0. The molecular weight excluding hydrogens is 392 g/mol. The summed E-state index contributed by atoms with van der Waals surface area (Å²) in [6, 6.07) is 8.36. The van der Waals surface area contributed by atoms with Crippen molar-refractivity contribution in [2.45, 2.75) is 0 Å². The van der Waals surface area contributed by atoms with E-state index in [9.17, 15) is 10.1 Å². The highest BCUT2D eigenvalue weighted by atomic mass is 79.9. The van der Waals surface area contributed by atoms with Crippen molar-refractivity contribution in [2.75, 3.05) is 7.11 Å². The van der Waals surface area contributed by atoms with Crippen molar-refractivity contribution in [2.24, 2.45) is 0 Å². The van der Waals surface area contributed by atoms with E-state index in [1.807, 2.05) is 0 Å². The number of aromatic nitrogens is 2. The minimum Gasteiger partial charge on any atom is -0.490 e. The molecule has 0 saturated carbocycles. The minimum atomic E-state index is 0.277. The summed E-state index contributed by atoms with van der Waals surface area (Å²) >= 11 is 6.71. The van der Waals surface area contributed by atoms with Gasteiger partial charge in [-0.2, -0.15) is 4.73 Å². The molecule has 3 rings (SSSR count). The van der Waals surface area contributed by atoms with Crippen molar-refractivity contribution >= 4 is 53.9 Å². The highest BCUT2D eigenvalue weighted by Crippen LogP contribution is 2.30. The lowest BCUT2D eigenvalue weighted by molar-refractivity contribution is -0.433. The number of fused-ring (bicyclic) bond motifs is 2. The largest absolute Gasteiger partial charge is 0.490 e. The van der Waals surface area contributed by atoms with E-state index in [-0.39, 0.29) is 5.52 Å². The number of benzene rings is 2. The number of ether oxygens (including phenoxy) is 1. The van der Waals surface area contributed by atoms with Gasteiger partial charge in [-0.3, -0.25) is 0 Å². The molecule has 3 aromatic rings. The molecule has 1 aromatic heterocycles. The third-order valence-electron chi connectivity index (χ3n) is 3.09. The third kappa shape index (κ3) is 1.81. The van der Waals surface area contributed by atoms with E-state index in [2.05, 4.69) is 31.9 Å². The van der Waals surface area contributed by atoms with Crippen molar-refractivity contribution in [3.05, 3.63) is 44.2 Å². The first-order valence-electron chi connectivity index (χ1n) is 5.67. The lowest BCUT2D eigenvalue weighted by Crippen LogP contribution is -2.21.